The van der Waals surface area contributed by atoms with Gasteiger partial charge in [-0.15, -0.1) is 9.05 Å². The van der Waals surface area contributed by atoms with Crippen molar-refractivity contribution < 1.29 is 13.6 Å². The molecule has 152 valence electrons. The molecule has 0 aliphatic heterocycles. The van der Waals surface area contributed by atoms with E-state index in [0.717, 1.165) is 36.8 Å². The van der Waals surface area contributed by atoms with Gasteiger partial charge in [-0.2, -0.15) is 0 Å². The van der Waals surface area contributed by atoms with Crippen LogP contribution in [0.1, 0.15) is 72.2 Å². The summed E-state index contributed by atoms with van der Waals surface area (Å²) < 4.78 is 23.5. The molecule has 0 aliphatic rings. The van der Waals surface area contributed by atoms with E-state index in [4.69, 9.17) is 9.05 Å². The smallest absolute Gasteiger partial charge is 0.114 e. The largest absolute Gasteiger partial charge is 0.698 e. The molecule has 28 heavy (non-hydrogen) atoms. The molecular weight excluding hydrogens is 367 g/mol. The Morgan fingerprint density at radius 2 is 1.00 bits per heavy atom. The van der Waals surface area contributed by atoms with Gasteiger partial charge in [0, 0.05) is 4.57 Å². The fourth-order valence-corrected chi connectivity index (χ4v) is 4.70. The first kappa shape index (κ1) is 22.7. The van der Waals surface area contributed by atoms with E-state index >= 15 is 0 Å². The van der Waals surface area contributed by atoms with Crippen molar-refractivity contribution in [3.05, 3.63) is 68.8 Å². The second kappa shape index (κ2) is 10.9. The van der Waals surface area contributed by atoms with Crippen LogP contribution in [0.5, 0.6) is 0 Å². The average molecular weight is 402 g/mol. The van der Waals surface area contributed by atoms with E-state index in [9.17, 15) is 4.57 Å². The standard InChI is InChI=1S/C24H34O3P/c1-7-21-17(5)11-13-19(23(21)9-3)15-26-28(25)27-16-20-14-12-18(6)22(8-2)24(20)10-4/h11-14H,7-10,15-16H2,1-6H3/q+1. The highest BCUT2D eigenvalue weighted by atomic mass is 31.1. The summed E-state index contributed by atoms with van der Waals surface area (Å²) in [7, 11) is -2.16. The van der Waals surface area contributed by atoms with Crippen molar-refractivity contribution in [1.82, 2.24) is 0 Å². The molecule has 3 nitrogen and oxygen atoms in total. The van der Waals surface area contributed by atoms with Crippen molar-refractivity contribution >= 4 is 8.25 Å². The number of aryl methyl sites for hydroxylation is 2. The molecule has 0 bridgehead atoms. The lowest BCUT2D eigenvalue weighted by molar-refractivity contribution is 0.212. The van der Waals surface area contributed by atoms with Gasteiger partial charge in [-0.25, -0.2) is 0 Å². The van der Waals surface area contributed by atoms with E-state index in [1.807, 2.05) is 0 Å². The Morgan fingerprint density at radius 1 is 0.643 bits per heavy atom. The SMILES string of the molecule is CCc1c(C)ccc(CO[P+](=O)OCc2ccc(C)c(CC)c2CC)c1CC. The molecule has 0 unspecified atom stereocenters. The first-order valence-electron chi connectivity index (χ1n) is 10.4. The van der Waals surface area contributed by atoms with Gasteiger partial charge in [0.15, 0.2) is 0 Å². The zero-order valence-corrected chi connectivity index (χ0v) is 19.1. The molecule has 0 amide bonds. The van der Waals surface area contributed by atoms with Crippen LogP contribution in [-0.4, -0.2) is 0 Å². The lowest BCUT2D eigenvalue weighted by Gasteiger charge is -2.14. The molecule has 0 heterocycles. The molecule has 2 aromatic rings. The predicted octanol–water partition coefficient (Wildman–Crippen LogP) is 6.94. The summed E-state index contributed by atoms with van der Waals surface area (Å²) in [6.45, 7) is 13.6. The average Bonchev–Trinajstić information content (AvgIpc) is 2.70. The number of rotatable bonds is 10. The fraction of sp³-hybridized carbons (Fsp3) is 0.500. The highest BCUT2D eigenvalue weighted by molar-refractivity contribution is 7.33. The van der Waals surface area contributed by atoms with E-state index in [-0.39, 0.29) is 0 Å². The Hall–Kier alpha value is -1.54. The molecule has 0 spiro atoms. The maximum Gasteiger partial charge on any atom is 0.698 e. The van der Waals surface area contributed by atoms with Gasteiger partial charge >= 0.3 is 8.25 Å². The van der Waals surface area contributed by atoms with Gasteiger partial charge in [-0.1, -0.05) is 52.0 Å². The van der Waals surface area contributed by atoms with Crippen LogP contribution >= 0.6 is 8.25 Å². The minimum atomic E-state index is -2.16. The van der Waals surface area contributed by atoms with E-state index in [0.29, 0.717) is 13.2 Å². The number of hydrogen-bond acceptors (Lipinski definition) is 3. The van der Waals surface area contributed by atoms with Crippen LogP contribution in [0.15, 0.2) is 24.3 Å². The van der Waals surface area contributed by atoms with E-state index in [1.165, 1.54) is 33.4 Å². The molecule has 0 atom stereocenters. The third-order valence-electron chi connectivity index (χ3n) is 5.59. The highest BCUT2D eigenvalue weighted by Gasteiger charge is 2.23. The highest BCUT2D eigenvalue weighted by Crippen LogP contribution is 2.31. The maximum atomic E-state index is 12.3. The summed E-state index contributed by atoms with van der Waals surface area (Å²) in [5.74, 6) is 0. The van der Waals surface area contributed by atoms with Crippen LogP contribution in [0.3, 0.4) is 0 Å². The summed E-state index contributed by atoms with van der Waals surface area (Å²) in [4.78, 5) is 0. The fourth-order valence-electron chi connectivity index (χ4n) is 4.13. The van der Waals surface area contributed by atoms with Gasteiger partial charge in [0.1, 0.15) is 13.2 Å². The Bertz CT molecular complexity index is 760. The third-order valence-corrected chi connectivity index (χ3v) is 6.27. The summed E-state index contributed by atoms with van der Waals surface area (Å²) in [5, 5.41) is 0. The summed E-state index contributed by atoms with van der Waals surface area (Å²) in [6, 6.07) is 8.41. The minimum absolute atomic E-state index is 0.320. The normalized spacial score (nSPS) is 11.1. The Balaban J connectivity index is 2.03. The van der Waals surface area contributed by atoms with Crippen LogP contribution < -0.4 is 0 Å². The van der Waals surface area contributed by atoms with Gasteiger partial charge in [0.05, 0.1) is 0 Å². The second-order valence-corrected chi connectivity index (χ2v) is 8.15. The van der Waals surface area contributed by atoms with Crippen LogP contribution in [0.2, 0.25) is 0 Å². The molecule has 0 aliphatic carbocycles. The van der Waals surface area contributed by atoms with Crippen LogP contribution in [0.4, 0.5) is 0 Å². The monoisotopic (exact) mass is 401 g/mol. The van der Waals surface area contributed by atoms with E-state index in [2.05, 4.69) is 65.8 Å². The lowest BCUT2D eigenvalue weighted by atomic mass is 9.93. The van der Waals surface area contributed by atoms with Crippen molar-refractivity contribution in [2.45, 2.75) is 80.4 Å². The van der Waals surface area contributed by atoms with Crippen molar-refractivity contribution in [2.24, 2.45) is 0 Å². The molecule has 2 aromatic carbocycles. The minimum Gasteiger partial charge on any atom is -0.114 e. The Morgan fingerprint density at radius 3 is 1.32 bits per heavy atom. The summed E-state index contributed by atoms with van der Waals surface area (Å²) in [6.07, 6.45) is 3.89. The Labute approximate surface area is 171 Å². The molecular formula is C24H34O3P+. The molecule has 4 heteroatoms. The summed E-state index contributed by atoms with van der Waals surface area (Å²) >= 11 is 0. The second-order valence-electron chi connectivity index (χ2n) is 7.18. The molecule has 0 aromatic heterocycles. The van der Waals surface area contributed by atoms with Gasteiger partial charge in [-0.3, -0.25) is 0 Å². The van der Waals surface area contributed by atoms with Gasteiger partial charge in [-0.05, 0) is 84.0 Å². The van der Waals surface area contributed by atoms with E-state index < -0.39 is 8.25 Å². The molecule has 0 N–H and O–H groups in total. The number of hydrogen-bond donors (Lipinski definition) is 0. The molecule has 0 saturated carbocycles. The third kappa shape index (κ3) is 5.29. The van der Waals surface area contributed by atoms with Crippen LogP contribution in [-0.2, 0) is 52.5 Å². The quantitative estimate of drug-likeness (QED) is 0.404. The van der Waals surface area contributed by atoms with Crippen molar-refractivity contribution in [3.8, 4) is 0 Å². The van der Waals surface area contributed by atoms with Crippen LogP contribution in [0, 0.1) is 13.8 Å². The van der Waals surface area contributed by atoms with Crippen molar-refractivity contribution in [3.63, 3.8) is 0 Å². The van der Waals surface area contributed by atoms with Gasteiger partial charge < -0.3 is 0 Å². The molecule has 2 rings (SSSR count). The summed E-state index contributed by atoms with van der Waals surface area (Å²) in [5.41, 5.74) is 10.2. The molecule has 0 radical (unpaired) electrons. The maximum absolute atomic E-state index is 12.3. The van der Waals surface area contributed by atoms with Crippen molar-refractivity contribution in [2.75, 3.05) is 0 Å². The van der Waals surface area contributed by atoms with Gasteiger partial charge in [0.2, 0.25) is 0 Å². The van der Waals surface area contributed by atoms with E-state index in [1.54, 1.807) is 0 Å². The molecule has 0 fully saturated rings. The van der Waals surface area contributed by atoms with Crippen molar-refractivity contribution in [1.29, 1.82) is 0 Å². The lowest BCUT2D eigenvalue weighted by Crippen LogP contribution is -2.03. The van der Waals surface area contributed by atoms with Gasteiger partial charge in [0.25, 0.3) is 0 Å². The Kier molecular flexibility index (Phi) is 8.82. The zero-order chi connectivity index (χ0) is 20.7. The predicted molar refractivity (Wildman–Crippen MR) is 117 cm³/mol. The first-order valence-corrected chi connectivity index (χ1v) is 11.5. The number of benzene rings is 2. The van der Waals surface area contributed by atoms with Crippen LogP contribution in [0.25, 0.3) is 0 Å². The topological polar surface area (TPSA) is 35.5 Å². The first-order chi connectivity index (χ1) is 13.5. The zero-order valence-electron chi connectivity index (χ0n) is 18.2. The molecule has 0 saturated heterocycles.